The molecule has 0 saturated carbocycles. The number of halogens is 3. The molecule has 1 aromatic carbocycles. The minimum absolute atomic E-state index is 0.0510. The lowest BCUT2D eigenvalue weighted by Crippen LogP contribution is -2.48. The van der Waals surface area contributed by atoms with Crippen molar-refractivity contribution in [2.45, 2.75) is 18.2 Å². The Morgan fingerprint density at radius 2 is 1.94 bits per heavy atom. The minimum Gasteiger partial charge on any atom is -0.479 e. The zero-order valence-corrected chi connectivity index (χ0v) is 8.62. The van der Waals surface area contributed by atoms with Gasteiger partial charge in [-0.3, -0.25) is 0 Å². The van der Waals surface area contributed by atoms with Crippen LogP contribution in [-0.4, -0.2) is 17.7 Å². The maximum atomic E-state index is 12.8. The number of carboxylic acid groups (broad SMARTS) is 1. The number of hydrogen-bond donors (Lipinski definition) is 1. The summed E-state index contributed by atoms with van der Waals surface area (Å²) >= 11 is 0. The summed E-state index contributed by atoms with van der Waals surface area (Å²) in [5.41, 5.74) is -3.13. The minimum atomic E-state index is -4.59. The number of aliphatic carboxylic acids is 1. The van der Waals surface area contributed by atoms with Crippen LogP contribution in [0.3, 0.4) is 0 Å². The van der Waals surface area contributed by atoms with Gasteiger partial charge in [0.25, 0.3) is 0 Å². The van der Waals surface area contributed by atoms with Crippen molar-refractivity contribution in [1.29, 1.82) is 0 Å². The smallest absolute Gasteiger partial charge is 0.416 e. The van der Waals surface area contributed by atoms with Crippen LogP contribution in [0.4, 0.5) is 13.2 Å². The fourth-order valence-electron chi connectivity index (χ4n) is 1.88. The fourth-order valence-corrected chi connectivity index (χ4v) is 1.88. The van der Waals surface area contributed by atoms with Gasteiger partial charge in [-0.25, -0.2) is 4.79 Å². The van der Waals surface area contributed by atoms with Gasteiger partial charge in [0.2, 0.25) is 0 Å². The molecule has 92 valence electrons. The summed E-state index contributed by atoms with van der Waals surface area (Å²) in [6, 6.07) is 4.61. The van der Waals surface area contributed by atoms with E-state index in [4.69, 9.17) is 9.84 Å². The van der Waals surface area contributed by atoms with Crippen LogP contribution in [0.25, 0.3) is 0 Å². The Kier molecular flexibility index (Phi) is 2.61. The van der Waals surface area contributed by atoms with Crippen LogP contribution in [0.1, 0.15) is 17.5 Å². The Morgan fingerprint density at radius 1 is 1.35 bits per heavy atom. The number of hydrogen-bond acceptors (Lipinski definition) is 2. The molecule has 2 rings (SSSR count). The summed E-state index contributed by atoms with van der Waals surface area (Å²) in [6.07, 6.45) is -4.53. The number of benzene rings is 1. The summed E-state index contributed by atoms with van der Waals surface area (Å²) < 4.78 is 43.2. The van der Waals surface area contributed by atoms with E-state index in [-0.39, 0.29) is 18.6 Å². The number of carbonyl (C=O) groups is 1. The van der Waals surface area contributed by atoms with Crippen LogP contribution in [0.5, 0.6) is 0 Å². The lowest BCUT2D eigenvalue weighted by molar-refractivity contribution is -0.200. The van der Waals surface area contributed by atoms with Gasteiger partial charge in [-0.2, -0.15) is 13.2 Å². The van der Waals surface area contributed by atoms with Gasteiger partial charge < -0.3 is 9.84 Å². The van der Waals surface area contributed by atoms with Crippen molar-refractivity contribution in [2.24, 2.45) is 0 Å². The highest BCUT2D eigenvalue weighted by molar-refractivity contribution is 5.81. The lowest BCUT2D eigenvalue weighted by Gasteiger charge is -2.39. The molecule has 17 heavy (non-hydrogen) atoms. The topological polar surface area (TPSA) is 46.5 Å². The molecule has 1 unspecified atom stereocenters. The van der Waals surface area contributed by atoms with Crippen molar-refractivity contribution in [3.05, 3.63) is 35.4 Å². The predicted octanol–water partition coefficient (Wildman–Crippen LogP) is 2.41. The lowest BCUT2D eigenvalue weighted by atomic mass is 9.83. The Balaban J connectivity index is 2.56. The molecule has 0 aromatic heterocycles. The first-order valence-corrected chi connectivity index (χ1v) is 4.92. The van der Waals surface area contributed by atoms with E-state index in [1.807, 2.05) is 0 Å². The highest BCUT2D eigenvalue weighted by Crippen LogP contribution is 2.44. The van der Waals surface area contributed by atoms with Crippen LogP contribution in [-0.2, 0) is 21.3 Å². The third-order valence-electron chi connectivity index (χ3n) is 2.82. The van der Waals surface area contributed by atoms with Crippen molar-refractivity contribution < 1.29 is 27.8 Å². The van der Waals surface area contributed by atoms with E-state index in [9.17, 15) is 18.0 Å². The molecular weight excluding hydrogens is 237 g/mol. The molecule has 0 bridgehead atoms. The van der Waals surface area contributed by atoms with E-state index >= 15 is 0 Å². The van der Waals surface area contributed by atoms with E-state index in [1.54, 1.807) is 0 Å². The highest BCUT2D eigenvalue weighted by atomic mass is 19.4. The molecule has 1 N–H and O–H groups in total. The monoisotopic (exact) mass is 246 g/mol. The van der Waals surface area contributed by atoms with Crippen molar-refractivity contribution in [3.63, 3.8) is 0 Å². The molecule has 1 aliphatic heterocycles. The maximum absolute atomic E-state index is 12.8. The van der Waals surface area contributed by atoms with Crippen molar-refractivity contribution in [2.75, 3.05) is 6.61 Å². The molecule has 0 spiro atoms. The predicted molar refractivity (Wildman–Crippen MR) is 51.3 cm³/mol. The Bertz CT molecular complexity index is 450. The first-order chi connectivity index (χ1) is 7.88. The summed E-state index contributed by atoms with van der Waals surface area (Å²) in [5, 5.41) is 9.04. The average Bonchev–Trinajstić information content (AvgIpc) is 2.14. The van der Waals surface area contributed by atoms with E-state index in [2.05, 4.69) is 0 Å². The summed E-state index contributed by atoms with van der Waals surface area (Å²) in [7, 11) is 0. The summed E-state index contributed by atoms with van der Waals surface area (Å²) in [4.78, 5) is 11.1. The second-order valence-corrected chi connectivity index (χ2v) is 3.77. The Morgan fingerprint density at radius 3 is 2.35 bits per heavy atom. The second kappa shape index (κ2) is 3.73. The number of alkyl halides is 3. The molecule has 1 atom stereocenters. The Hall–Kier alpha value is -1.56. The van der Waals surface area contributed by atoms with Gasteiger partial charge >= 0.3 is 12.1 Å². The molecule has 6 heteroatoms. The molecule has 0 radical (unpaired) electrons. The van der Waals surface area contributed by atoms with Gasteiger partial charge in [0.15, 0.2) is 5.60 Å². The first-order valence-electron chi connectivity index (χ1n) is 4.92. The molecule has 1 fully saturated rings. The van der Waals surface area contributed by atoms with E-state index in [0.29, 0.717) is 0 Å². The van der Waals surface area contributed by atoms with Gasteiger partial charge in [-0.05, 0) is 6.07 Å². The van der Waals surface area contributed by atoms with Gasteiger partial charge in [-0.15, -0.1) is 0 Å². The van der Waals surface area contributed by atoms with Crippen molar-refractivity contribution in [1.82, 2.24) is 0 Å². The van der Waals surface area contributed by atoms with E-state index in [0.717, 1.165) is 12.1 Å². The summed E-state index contributed by atoms with van der Waals surface area (Å²) in [6.45, 7) is 0.151. The van der Waals surface area contributed by atoms with Crippen molar-refractivity contribution in [3.8, 4) is 0 Å². The number of ether oxygens (including phenoxy) is 1. The van der Waals surface area contributed by atoms with Crippen LogP contribution in [0, 0.1) is 0 Å². The maximum Gasteiger partial charge on any atom is 0.416 e. The quantitative estimate of drug-likeness (QED) is 0.871. The average molecular weight is 246 g/mol. The standard InChI is InChI=1S/C11H9F3O3/c12-11(13,14)8-4-2-1-3-7(8)10(9(15)16)5-6-17-10/h1-4H,5-6H2,(H,15,16). The van der Waals surface area contributed by atoms with Crippen LogP contribution in [0.15, 0.2) is 24.3 Å². The molecule has 3 nitrogen and oxygen atoms in total. The van der Waals surface area contributed by atoms with Crippen LogP contribution < -0.4 is 0 Å². The molecule has 0 amide bonds. The molecule has 1 saturated heterocycles. The number of carboxylic acids is 1. The SMILES string of the molecule is O=C(O)C1(c2ccccc2C(F)(F)F)CCO1. The normalized spacial score (nSPS) is 24.2. The molecule has 1 aromatic rings. The second-order valence-electron chi connectivity index (χ2n) is 3.77. The van der Waals surface area contributed by atoms with Gasteiger partial charge in [0.05, 0.1) is 12.2 Å². The molecular formula is C11H9F3O3. The third-order valence-corrected chi connectivity index (χ3v) is 2.82. The zero-order valence-electron chi connectivity index (χ0n) is 8.62. The fraction of sp³-hybridized carbons (Fsp3) is 0.364. The number of rotatable bonds is 2. The van der Waals surface area contributed by atoms with Crippen molar-refractivity contribution >= 4 is 5.97 Å². The van der Waals surface area contributed by atoms with E-state index in [1.165, 1.54) is 12.1 Å². The molecule has 1 aliphatic rings. The van der Waals surface area contributed by atoms with Crippen LogP contribution in [0.2, 0.25) is 0 Å². The zero-order chi connectivity index (χ0) is 12.7. The largest absolute Gasteiger partial charge is 0.479 e. The van der Waals surface area contributed by atoms with Gasteiger partial charge in [-0.1, -0.05) is 18.2 Å². The Labute approximate surface area is 94.8 Å². The molecule has 0 aliphatic carbocycles. The summed E-state index contributed by atoms with van der Waals surface area (Å²) in [5.74, 6) is -1.39. The highest BCUT2D eigenvalue weighted by Gasteiger charge is 2.52. The van der Waals surface area contributed by atoms with Gasteiger partial charge in [0.1, 0.15) is 0 Å². The van der Waals surface area contributed by atoms with E-state index < -0.39 is 23.3 Å². The first kappa shape index (κ1) is 11.9. The van der Waals surface area contributed by atoms with Gasteiger partial charge in [0, 0.05) is 12.0 Å². The third kappa shape index (κ3) is 1.78. The molecule has 1 heterocycles. The van der Waals surface area contributed by atoms with Crippen LogP contribution >= 0.6 is 0 Å².